The van der Waals surface area contributed by atoms with Gasteiger partial charge >= 0.3 is 0 Å². The van der Waals surface area contributed by atoms with Gasteiger partial charge in [0.1, 0.15) is 11.2 Å². The van der Waals surface area contributed by atoms with Gasteiger partial charge in [0, 0.05) is 27.5 Å². The number of fused-ring (bicyclic) bond motifs is 9. The van der Waals surface area contributed by atoms with Crippen LogP contribution in [0.25, 0.3) is 110 Å². The molecular weight excluding hydrogens is 647 g/mol. The molecule has 4 nitrogen and oxygen atoms in total. The minimum absolute atomic E-state index is 0.603. The van der Waals surface area contributed by atoms with Gasteiger partial charge < -0.3 is 4.42 Å². The van der Waals surface area contributed by atoms with Gasteiger partial charge in [-0.05, 0) is 78.5 Å². The van der Waals surface area contributed by atoms with Gasteiger partial charge in [0.25, 0.3) is 0 Å². The van der Waals surface area contributed by atoms with Crippen LogP contribution < -0.4 is 0 Å². The first-order valence-corrected chi connectivity index (χ1v) is 17.9. The minimum atomic E-state index is 0.603. The summed E-state index contributed by atoms with van der Waals surface area (Å²) >= 11 is 0. The van der Waals surface area contributed by atoms with Crippen LogP contribution in [0, 0.1) is 0 Å². The quantitative estimate of drug-likeness (QED) is 0.174. The van der Waals surface area contributed by atoms with Gasteiger partial charge in [-0.1, -0.05) is 152 Å². The Balaban J connectivity index is 1.11. The van der Waals surface area contributed by atoms with Crippen molar-refractivity contribution in [2.45, 2.75) is 0 Å². The number of benzene rings is 9. The van der Waals surface area contributed by atoms with E-state index in [9.17, 15) is 0 Å². The van der Waals surface area contributed by atoms with Gasteiger partial charge in [-0.2, -0.15) is 0 Å². The molecular formula is C49H29N3O. The Morgan fingerprint density at radius 1 is 0.302 bits per heavy atom. The van der Waals surface area contributed by atoms with Gasteiger partial charge in [-0.15, -0.1) is 0 Å². The van der Waals surface area contributed by atoms with Crippen molar-refractivity contribution in [1.82, 2.24) is 15.0 Å². The maximum Gasteiger partial charge on any atom is 0.164 e. The molecule has 53 heavy (non-hydrogen) atoms. The lowest BCUT2D eigenvalue weighted by Crippen LogP contribution is -2.00. The molecule has 0 saturated carbocycles. The highest BCUT2D eigenvalue weighted by Gasteiger charge is 2.19. The van der Waals surface area contributed by atoms with Crippen molar-refractivity contribution >= 4 is 65.0 Å². The fourth-order valence-electron chi connectivity index (χ4n) is 7.95. The van der Waals surface area contributed by atoms with Crippen LogP contribution in [0.3, 0.4) is 0 Å². The number of nitrogens with zero attached hydrogens (tertiary/aromatic N) is 3. The maximum absolute atomic E-state index is 6.26. The van der Waals surface area contributed by atoms with E-state index in [0.29, 0.717) is 17.5 Å². The Labute approximate surface area is 304 Å². The predicted molar refractivity (Wildman–Crippen MR) is 219 cm³/mol. The molecule has 0 atom stereocenters. The van der Waals surface area contributed by atoms with E-state index in [1.54, 1.807) is 0 Å². The van der Waals surface area contributed by atoms with Crippen LogP contribution in [0.4, 0.5) is 0 Å². The van der Waals surface area contributed by atoms with Gasteiger partial charge in [0.05, 0.1) is 0 Å². The van der Waals surface area contributed by atoms with Crippen LogP contribution in [0.5, 0.6) is 0 Å². The van der Waals surface area contributed by atoms with Crippen molar-refractivity contribution in [2.24, 2.45) is 0 Å². The number of hydrogen-bond acceptors (Lipinski definition) is 4. The normalized spacial score (nSPS) is 11.8. The molecule has 2 heterocycles. The summed E-state index contributed by atoms with van der Waals surface area (Å²) in [5.74, 6) is 1.84. The van der Waals surface area contributed by atoms with Crippen molar-refractivity contribution in [3.8, 4) is 45.3 Å². The lowest BCUT2D eigenvalue weighted by atomic mass is 9.90. The summed E-state index contributed by atoms with van der Waals surface area (Å²) in [5, 5.41) is 11.8. The molecule has 0 amide bonds. The molecule has 0 radical (unpaired) electrons. The van der Waals surface area contributed by atoms with Gasteiger partial charge in [0.2, 0.25) is 0 Å². The molecule has 246 valence electrons. The molecule has 0 N–H and O–H groups in total. The molecule has 0 aliphatic rings. The second-order valence-electron chi connectivity index (χ2n) is 13.6. The van der Waals surface area contributed by atoms with Crippen molar-refractivity contribution < 1.29 is 4.42 Å². The highest BCUT2D eigenvalue weighted by molar-refractivity contribution is 6.23. The van der Waals surface area contributed by atoms with E-state index >= 15 is 0 Å². The smallest absolute Gasteiger partial charge is 0.164 e. The predicted octanol–water partition coefficient (Wildman–Crippen LogP) is 13.1. The molecule has 0 bridgehead atoms. The lowest BCUT2D eigenvalue weighted by molar-refractivity contribution is 0.669. The zero-order valence-electron chi connectivity index (χ0n) is 28.5. The average Bonchev–Trinajstić information content (AvgIpc) is 3.62. The summed E-state index contributed by atoms with van der Waals surface area (Å²) in [6, 6.07) is 61.8. The Kier molecular flexibility index (Phi) is 6.52. The SMILES string of the molecule is c1ccc2cc(-c3nc(-c4ccc(-c5cc6ccccc6c6ccc7ccccc7c56)cc4)nc(-c4cccc5oc6ccccc6c45)n3)ccc2c1. The molecule has 4 heteroatoms. The Morgan fingerprint density at radius 2 is 0.906 bits per heavy atom. The molecule has 0 aliphatic carbocycles. The Morgan fingerprint density at radius 3 is 1.75 bits per heavy atom. The van der Waals surface area contributed by atoms with E-state index in [1.165, 1.54) is 43.3 Å². The molecule has 0 spiro atoms. The third kappa shape index (κ3) is 4.80. The Hall–Kier alpha value is -7.17. The second-order valence-corrected chi connectivity index (χ2v) is 13.6. The highest BCUT2D eigenvalue weighted by atomic mass is 16.3. The summed E-state index contributed by atoms with van der Waals surface area (Å²) in [5.41, 5.74) is 6.74. The fourth-order valence-corrected chi connectivity index (χ4v) is 7.95. The third-order valence-electron chi connectivity index (χ3n) is 10.5. The van der Waals surface area contributed by atoms with E-state index in [1.807, 2.05) is 30.3 Å². The van der Waals surface area contributed by atoms with Crippen LogP contribution in [0.2, 0.25) is 0 Å². The minimum Gasteiger partial charge on any atom is -0.456 e. The zero-order valence-corrected chi connectivity index (χ0v) is 28.5. The first-order valence-electron chi connectivity index (χ1n) is 17.9. The number of hydrogen-bond donors (Lipinski definition) is 0. The number of aromatic nitrogens is 3. The van der Waals surface area contributed by atoms with E-state index in [0.717, 1.165) is 49.6 Å². The molecule has 11 aromatic rings. The topological polar surface area (TPSA) is 51.8 Å². The molecule has 2 aromatic heterocycles. The zero-order chi connectivity index (χ0) is 34.9. The first-order chi connectivity index (χ1) is 26.2. The van der Waals surface area contributed by atoms with Crippen LogP contribution in [0.1, 0.15) is 0 Å². The maximum atomic E-state index is 6.26. The van der Waals surface area contributed by atoms with Crippen LogP contribution in [-0.4, -0.2) is 15.0 Å². The standard InChI is InChI=1S/C49H29N3O/c1-2-12-34-28-36(25-20-30(34)10-1)48-50-47(51-49(52-48)41-17-9-19-44-46(41)40-16-7-8-18-43(40)53-44)33-23-21-32(22-24-33)42-29-35-13-4-5-14-37(35)39-27-26-31-11-3-6-15-38(31)45(39)42/h1-29H. The van der Waals surface area contributed by atoms with Crippen LogP contribution in [0.15, 0.2) is 180 Å². The summed E-state index contributed by atoms with van der Waals surface area (Å²) < 4.78 is 6.26. The highest BCUT2D eigenvalue weighted by Crippen LogP contribution is 2.40. The van der Waals surface area contributed by atoms with Crippen LogP contribution >= 0.6 is 0 Å². The van der Waals surface area contributed by atoms with Crippen molar-refractivity contribution in [2.75, 3.05) is 0 Å². The molecule has 0 aliphatic heterocycles. The van der Waals surface area contributed by atoms with Gasteiger partial charge in [-0.3, -0.25) is 0 Å². The number of para-hydroxylation sites is 1. The molecule has 0 unspecified atom stereocenters. The fraction of sp³-hybridized carbons (Fsp3) is 0. The molecule has 9 aromatic carbocycles. The van der Waals surface area contributed by atoms with Crippen molar-refractivity contribution in [3.63, 3.8) is 0 Å². The molecule has 0 saturated heterocycles. The number of rotatable bonds is 4. The van der Waals surface area contributed by atoms with Crippen molar-refractivity contribution in [3.05, 3.63) is 176 Å². The molecule has 0 fully saturated rings. The van der Waals surface area contributed by atoms with Crippen molar-refractivity contribution in [1.29, 1.82) is 0 Å². The van der Waals surface area contributed by atoms with Crippen LogP contribution in [-0.2, 0) is 0 Å². The average molecular weight is 676 g/mol. The summed E-state index contributed by atoms with van der Waals surface area (Å²) in [6.07, 6.45) is 0. The summed E-state index contributed by atoms with van der Waals surface area (Å²) in [4.78, 5) is 15.4. The number of furan rings is 1. The van der Waals surface area contributed by atoms with E-state index < -0.39 is 0 Å². The largest absolute Gasteiger partial charge is 0.456 e. The lowest BCUT2D eigenvalue weighted by Gasteiger charge is -2.14. The van der Waals surface area contributed by atoms with Gasteiger partial charge in [-0.25, -0.2) is 15.0 Å². The van der Waals surface area contributed by atoms with Gasteiger partial charge in [0.15, 0.2) is 17.5 Å². The monoisotopic (exact) mass is 675 g/mol. The molecule has 11 rings (SSSR count). The summed E-state index contributed by atoms with van der Waals surface area (Å²) in [6.45, 7) is 0. The Bertz CT molecular complexity index is 3230. The van der Waals surface area contributed by atoms with E-state index in [2.05, 4.69) is 146 Å². The first kappa shape index (κ1) is 29.5. The summed E-state index contributed by atoms with van der Waals surface area (Å²) in [7, 11) is 0. The second kappa shape index (κ2) is 11.7. The van der Waals surface area contributed by atoms with E-state index in [-0.39, 0.29) is 0 Å². The van der Waals surface area contributed by atoms with E-state index in [4.69, 9.17) is 19.4 Å². The third-order valence-corrected chi connectivity index (χ3v) is 10.5.